The molecule has 2 aliphatic rings. The number of anilines is 1. The summed E-state index contributed by atoms with van der Waals surface area (Å²) in [6.45, 7) is 2.05. The van der Waals surface area contributed by atoms with Crippen molar-refractivity contribution >= 4 is 23.2 Å². The van der Waals surface area contributed by atoms with Crippen molar-refractivity contribution < 1.29 is 9.53 Å². The number of hydrogen-bond acceptors (Lipinski definition) is 3. The summed E-state index contributed by atoms with van der Waals surface area (Å²) in [4.78, 5) is 12.3. The predicted molar refractivity (Wildman–Crippen MR) is 79.3 cm³/mol. The number of benzene rings is 1. The van der Waals surface area contributed by atoms with Crippen molar-refractivity contribution in [1.82, 2.24) is 5.32 Å². The van der Waals surface area contributed by atoms with Crippen LogP contribution in [-0.4, -0.2) is 26.1 Å². The fourth-order valence-corrected chi connectivity index (χ4v) is 3.43. The molecule has 20 heavy (non-hydrogen) atoms. The van der Waals surface area contributed by atoms with Gasteiger partial charge in [-0.2, -0.15) is 0 Å². The number of hydrogen-bond donors (Lipinski definition) is 2. The molecule has 1 amide bonds. The number of methoxy groups -OCH3 is 1. The zero-order chi connectivity index (χ0) is 14.2. The molecular weight excluding hydrogens is 276 g/mol. The van der Waals surface area contributed by atoms with Crippen LogP contribution in [0.1, 0.15) is 19.3 Å². The van der Waals surface area contributed by atoms with Crippen LogP contribution in [0.15, 0.2) is 18.2 Å². The smallest absolute Gasteiger partial charge is 0.228 e. The molecule has 1 atom stereocenters. The van der Waals surface area contributed by atoms with Gasteiger partial charge in [-0.3, -0.25) is 4.79 Å². The maximum atomic E-state index is 12.3. The molecule has 1 aromatic rings. The van der Waals surface area contributed by atoms with E-state index in [4.69, 9.17) is 16.3 Å². The molecule has 1 unspecified atom stereocenters. The zero-order valence-electron chi connectivity index (χ0n) is 11.5. The molecule has 1 spiro atoms. The van der Waals surface area contributed by atoms with Gasteiger partial charge in [-0.25, -0.2) is 0 Å². The van der Waals surface area contributed by atoms with Crippen molar-refractivity contribution in [3.63, 3.8) is 0 Å². The molecule has 0 bridgehead atoms. The number of amides is 1. The molecule has 1 saturated heterocycles. The van der Waals surface area contributed by atoms with Gasteiger partial charge in [0.2, 0.25) is 5.91 Å². The van der Waals surface area contributed by atoms with Gasteiger partial charge in [-0.05, 0) is 56.0 Å². The average Bonchev–Trinajstić information content (AvgIpc) is 3.13. The van der Waals surface area contributed by atoms with Gasteiger partial charge in [0.15, 0.2) is 0 Å². The molecule has 0 aromatic heterocycles. The molecule has 1 heterocycles. The highest BCUT2D eigenvalue weighted by atomic mass is 35.5. The van der Waals surface area contributed by atoms with E-state index in [1.807, 2.05) is 6.07 Å². The highest BCUT2D eigenvalue weighted by Crippen LogP contribution is 2.58. The van der Waals surface area contributed by atoms with Gasteiger partial charge < -0.3 is 15.4 Å². The first-order valence-electron chi connectivity index (χ1n) is 7.00. The number of piperidine rings is 1. The third-order valence-corrected chi connectivity index (χ3v) is 4.82. The molecule has 1 aliphatic heterocycles. The molecule has 1 aliphatic carbocycles. The first-order valence-corrected chi connectivity index (χ1v) is 7.37. The summed E-state index contributed by atoms with van der Waals surface area (Å²) >= 11 is 6.07. The van der Waals surface area contributed by atoms with Crippen molar-refractivity contribution in [2.45, 2.75) is 19.3 Å². The van der Waals surface area contributed by atoms with Gasteiger partial charge in [-0.15, -0.1) is 0 Å². The molecule has 2 N–H and O–H groups in total. The lowest BCUT2D eigenvalue weighted by Gasteiger charge is -2.23. The van der Waals surface area contributed by atoms with Crippen molar-refractivity contribution in [2.24, 2.45) is 11.3 Å². The number of ether oxygens (including phenoxy) is 1. The van der Waals surface area contributed by atoms with Crippen LogP contribution in [0.5, 0.6) is 5.75 Å². The van der Waals surface area contributed by atoms with Crippen molar-refractivity contribution in [3.8, 4) is 5.75 Å². The highest BCUT2D eigenvalue weighted by Gasteiger charge is 2.57. The molecule has 4 nitrogen and oxygen atoms in total. The van der Waals surface area contributed by atoms with E-state index in [1.165, 1.54) is 0 Å². The quantitative estimate of drug-likeness (QED) is 0.901. The van der Waals surface area contributed by atoms with Crippen LogP contribution in [0.4, 0.5) is 5.69 Å². The van der Waals surface area contributed by atoms with E-state index in [9.17, 15) is 4.79 Å². The number of carbonyl (C=O) groups is 1. The lowest BCUT2D eigenvalue weighted by atomic mass is 9.92. The first kappa shape index (κ1) is 13.7. The number of rotatable bonds is 3. The maximum absolute atomic E-state index is 12.3. The summed E-state index contributed by atoms with van der Waals surface area (Å²) in [6, 6.07) is 5.32. The van der Waals surface area contributed by atoms with Crippen LogP contribution >= 0.6 is 11.6 Å². The predicted octanol–water partition coefficient (Wildman–Crippen LogP) is 2.68. The lowest BCUT2D eigenvalue weighted by Crippen LogP contribution is -2.31. The van der Waals surface area contributed by atoms with E-state index in [1.54, 1.807) is 19.2 Å². The minimum Gasteiger partial charge on any atom is -0.495 e. The van der Waals surface area contributed by atoms with Crippen molar-refractivity contribution in [1.29, 1.82) is 0 Å². The molecule has 3 rings (SSSR count). The Morgan fingerprint density at radius 3 is 2.85 bits per heavy atom. The Bertz CT molecular complexity index is 527. The summed E-state index contributed by atoms with van der Waals surface area (Å²) in [6.07, 6.45) is 3.23. The molecule has 1 saturated carbocycles. The van der Waals surface area contributed by atoms with Crippen molar-refractivity contribution in [2.75, 3.05) is 25.5 Å². The van der Waals surface area contributed by atoms with Crippen LogP contribution in [-0.2, 0) is 4.79 Å². The summed E-state index contributed by atoms with van der Waals surface area (Å²) < 4.78 is 5.10. The number of nitrogens with one attached hydrogen (secondary N) is 2. The van der Waals surface area contributed by atoms with E-state index in [-0.39, 0.29) is 17.2 Å². The highest BCUT2D eigenvalue weighted by molar-refractivity contribution is 6.32. The van der Waals surface area contributed by atoms with E-state index >= 15 is 0 Å². The largest absolute Gasteiger partial charge is 0.495 e. The monoisotopic (exact) mass is 294 g/mol. The second-order valence-electron chi connectivity index (χ2n) is 5.71. The van der Waals surface area contributed by atoms with Gasteiger partial charge in [-0.1, -0.05) is 11.6 Å². The van der Waals surface area contributed by atoms with Crippen LogP contribution in [0.25, 0.3) is 0 Å². The third-order valence-electron chi connectivity index (χ3n) is 4.52. The molecule has 5 heteroatoms. The maximum Gasteiger partial charge on any atom is 0.228 e. The van der Waals surface area contributed by atoms with Gasteiger partial charge in [0.05, 0.1) is 12.1 Å². The van der Waals surface area contributed by atoms with Crippen LogP contribution in [0, 0.1) is 11.3 Å². The fraction of sp³-hybridized carbons (Fsp3) is 0.533. The average molecular weight is 295 g/mol. The van der Waals surface area contributed by atoms with Gasteiger partial charge >= 0.3 is 0 Å². The van der Waals surface area contributed by atoms with Crippen LogP contribution in [0.3, 0.4) is 0 Å². The second-order valence-corrected chi connectivity index (χ2v) is 6.11. The minimum atomic E-state index is 0.119. The van der Waals surface area contributed by atoms with Gasteiger partial charge in [0, 0.05) is 11.6 Å². The SMILES string of the molecule is COc1ccc(NC(=O)C2CC23CCNCC3)cc1Cl. The Balaban J connectivity index is 1.64. The summed E-state index contributed by atoms with van der Waals surface area (Å²) in [5.74, 6) is 0.893. The summed E-state index contributed by atoms with van der Waals surface area (Å²) in [5.41, 5.74) is 0.989. The van der Waals surface area contributed by atoms with Crippen molar-refractivity contribution in [3.05, 3.63) is 23.2 Å². The molecule has 2 fully saturated rings. The molecule has 1 aromatic carbocycles. The lowest BCUT2D eigenvalue weighted by molar-refractivity contribution is -0.118. The molecular formula is C15H19ClN2O2. The Morgan fingerprint density at radius 1 is 1.45 bits per heavy atom. The topological polar surface area (TPSA) is 50.4 Å². The molecule has 0 radical (unpaired) electrons. The summed E-state index contributed by atoms with van der Waals surface area (Å²) in [7, 11) is 1.57. The third kappa shape index (κ3) is 2.50. The summed E-state index contributed by atoms with van der Waals surface area (Å²) in [5, 5.41) is 6.83. The van der Waals surface area contributed by atoms with Crippen LogP contribution in [0.2, 0.25) is 5.02 Å². The second kappa shape index (κ2) is 5.26. The van der Waals surface area contributed by atoms with E-state index < -0.39 is 0 Å². The number of carbonyl (C=O) groups excluding carboxylic acids is 1. The fourth-order valence-electron chi connectivity index (χ4n) is 3.17. The Morgan fingerprint density at radius 2 is 2.20 bits per heavy atom. The molecule has 108 valence electrons. The van der Waals surface area contributed by atoms with Gasteiger partial charge in [0.1, 0.15) is 5.75 Å². The number of halogens is 1. The van der Waals surface area contributed by atoms with E-state index in [0.717, 1.165) is 38.0 Å². The Hall–Kier alpha value is -1.26. The normalized spacial score (nSPS) is 23.4. The Kier molecular flexibility index (Phi) is 3.61. The zero-order valence-corrected chi connectivity index (χ0v) is 12.3. The van der Waals surface area contributed by atoms with E-state index in [0.29, 0.717) is 10.8 Å². The minimum absolute atomic E-state index is 0.119. The Labute approximate surface area is 123 Å². The standard InChI is InChI=1S/C15H19ClN2O2/c1-20-13-3-2-10(8-12(13)16)18-14(19)11-9-15(11)4-6-17-7-5-15/h2-3,8,11,17H,4-7,9H2,1H3,(H,18,19). The van der Waals surface area contributed by atoms with E-state index in [2.05, 4.69) is 10.6 Å². The van der Waals surface area contributed by atoms with Crippen LogP contribution < -0.4 is 15.4 Å². The first-order chi connectivity index (χ1) is 9.64. The van der Waals surface area contributed by atoms with Gasteiger partial charge in [0.25, 0.3) is 0 Å².